The van der Waals surface area contributed by atoms with E-state index >= 15 is 0 Å². The molecule has 2 N–H and O–H groups in total. The van der Waals surface area contributed by atoms with Crippen LogP contribution in [-0.2, 0) is 14.8 Å². The molecular weight excluding hydrogens is 604 g/mol. The number of methoxy groups -OCH3 is 1. The van der Waals surface area contributed by atoms with Crippen LogP contribution in [0.1, 0.15) is 53.8 Å². The van der Waals surface area contributed by atoms with Crippen LogP contribution in [0, 0.1) is 18.8 Å². The number of fused-ring (bicyclic) bond motifs is 4. The van der Waals surface area contributed by atoms with Crippen molar-refractivity contribution in [3.8, 4) is 5.75 Å². The van der Waals surface area contributed by atoms with Crippen molar-refractivity contribution in [3.05, 3.63) is 95.7 Å². The third-order valence-corrected chi connectivity index (χ3v) is 10.6. The highest BCUT2D eigenvalue weighted by Crippen LogP contribution is 2.44. The van der Waals surface area contributed by atoms with Crippen molar-refractivity contribution < 1.29 is 27.5 Å². The quantitative estimate of drug-likeness (QED) is 0.210. The molecule has 10 nitrogen and oxygen atoms in total. The van der Waals surface area contributed by atoms with E-state index in [1.807, 2.05) is 35.9 Å². The molecule has 0 saturated carbocycles. The van der Waals surface area contributed by atoms with Crippen molar-refractivity contribution in [3.63, 3.8) is 0 Å². The first-order valence-electron chi connectivity index (χ1n) is 15.5. The molecule has 4 aromatic rings. The Morgan fingerprint density at radius 1 is 1.04 bits per heavy atom. The standard InChI is InChI=1S/C35H38N4O6S/c1-4-23-21-39-18-16-25(23)19-32(39)33(29-15-17-36-31-14-11-27(44-3)20-30(29)31)45-34(40)24-7-9-26(10-8-24)37-35(41)38-46(42,43)28-12-5-22(2)6-13-28/h5-15,17,20,23,25,32-33H,4,16,18-19,21H2,1-3H3,(H2,37,38,41)/t23?,25?,32?,33-/m1/s1. The van der Waals surface area contributed by atoms with E-state index in [2.05, 4.69) is 22.1 Å². The number of benzene rings is 3. The number of pyridine rings is 1. The number of esters is 1. The highest BCUT2D eigenvalue weighted by atomic mass is 32.2. The van der Waals surface area contributed by atoms with E-state index in [0.717, 1.165) is 54.4 Å². The van der Waals surface area contributed by atoms with Crippen LogP contribution >= 0.6 is 0 Å². The normalized spacial score (nSPS) is 21.4. The number of aromatic nitrogens is 1. The fourth-order valence-corrected chi connectivity index (χ4v) is 7.66. The average Bonchev–Trinajstić information content (AvgIpc) is 3.07. The van der Waals surface area contributed by atoms with E-state index in [1.54, 1.807) is 37.6 Å². The summed E-state index contributed by atoms with van der Waals surface area (Å²) in [6, 6.07) is 19.1. The summed E-state index contributed by atoms with van der Waals surface area (Å²) in [7, 11) is -2.43. The van der Waals surface area contributed by atoms with Crippen molar-refractivity contribution in [1.82, 2.24) is 14.6 Å². The maximum absolute atomic E-state index is 13.7. The van der Waals surface area contributed by atoms with Crippen molar-refractivity contribution in [2.45, 2.75) is 50.2 Å². The van der Waals surface area contributed by atoms with Crippen molar-refractivity contribution >= 4 is 38.6 Å². The summed E-state index contributed by atoms with van der Waals surface area (Å²) < 4.78 is 39.1. The Morgan fingerprint density at radius 3 is 2.48 bits per heavy atom. The molecule has 0 radical (unpaired) electrons. The molecule has 4 unspecified atom stereocenters. The molecule has 3 aromatic carbocycles. The van der Waals surface area contributed by atoms with Gasteiger partial charge in [0.05, 0.1) is 29.1 Å². The SMILES string of the molecule is CCC1CN2CCC1CC2[C@H](OC(=O)c1ccc(NC(=O)NS(=O)(=O)c2ccc(C)cc2)cc1)c1ccnc2ccc(OC)cc12. The van der Waals surface area contributed by atoms with Crippen LogP contribution in [0.2, 0.25) is 0 Å². The molecule has 46 heavy (non-hydrogen) atoms. The van der Waals surface area contributed by atoms with Crippen LogP contribution in [0.25, 0.3) is 10.9 Å². The first-order valence-corrected chi connectivity index (χ1v) is 17.0. The topological polar surface area (TPSA) is 127 Å². The van der Waals surface area contributed by atoms with Gasteiger partial charge in [0.25, 0.3) is 10.0 Å². The zero-order valence-corrected chi connectivity index (χ0v) is 26.9. The first-order chi connectivity index (χ1) is 22.1. The molecule has 4 heterocycles. The molecule has 5 atom stereocenters. The van der Waals surface area contributed by atoms with Crippen LogP contribution in [0.5, 0.6) is 5.75 Å². The van der Waals surface area contributed by atoms with Gasteiger partial charge in [-0.25, -0.2) is 22.7 Å². The summed E-state index contributed by atoms with van der Waals surface area (Å²) in [5, 5.41) is 3.39. The summed E-state index contributed by atoms with van der Waals surface area (Å²) in [6.07, 6.45) is 4.43. The fraction of sp³-hybridized carbons (Fsp3) is 0.343. The van der Waals surface area contributed by atoms with Crippen LogP contribution in [-0.4, -0.2) is 56.5 Å². The smallest absolute Gasteiger partial charge is 0.338 e. The number of sulfonamides is 1. The summed E-state index contributed by atoms with van der Waals surface area (Å²) in [5.74, 6) is 1.42. The number of amides is 2. The maximum atomic E-state index is 13.7. The number of rotatable bonds is 9. The molecular formula is C35H38N4O6S. The van der Waals surface area contributed by atoms with Gasteiger partial charge >= 0.3 is 12.0 Å². The number of hydrogen-bond donors (Lipinski definition) is 2. The second-order valence-electron chi connectivity index (χ2n) is 12.1. The lowest BCUT2D eigenvalue weighted by Crippen LogP contribution is -2.55. The molecule has 3 aliphatic rings. The minimum absolute atomic E-state index is 0.0161. The molecule has 3 aliphatic heterocycles. The molecule has 240 valence electrons. The van der Waals surface area contributed by atoms with Gasteiger partial charge in [-0.2, -0.15) is 0 Å². The molecule has 2 bridgehead atoms. The molecule has 0 aliphatic carbocycles. The van der Waals surface area contributed by atoms with E-state index in [0.29, 0.717) is 28.8 Å². The Bertz CT molecular complexity index is 1850. The Hall–Kier alpha value is -4.48. The number of carbonyl (C=O) groups excluding carboxylic acids is 2. The lowest BCUT2D eigenvalue weighted by molar-refractivity contribution is -0.0659. The Kier molecular flexibility index (Phi) is 8.97. The Morgan fingerprint density at radius 2 is 1.80 bits per heavy atom. The highest BCUT2D eigenvalue weighted by Gasteiger charge is 2.44. The van der Waals surface area contributed by atoms with Gasteiger partial charge in [0.2, 0.25) is 0 Å². The highest BCUT2D eigenvalue weighted by molar-refractivity contribution is 7.90. The molecule has 11 heteroatoms. The van der Waals surface area contributed by atoms with Gasteiger partial charge in [-0.3, -0.25) is 9.88 Å². The molecule has 3 saturated heterocycles. The molecule has 2 amide bonds. The van der Waals surface area contributed by atoms with Crippen LogP contribution in [0.4, 0.5) is 10.5 Å². The maximum Gasteiger partial charge on any atom is 0.338 e. The third kappa shape index (κ3) is 6.56. The van der Waals surface area contributed by atoms with E-state index < -0.39 is 28.1 Å². The van der Waals surface area contributed by atoms with E-state index in [9.17, 15) is 18.0 Å². The van der Waals surface area contributed by atoms with Gasteiger partial charge in [0, 0.05) is 29.4 Å². The summed E-state index contributed by atoms with van der Waals surface area (Å²) in [5.41, 5.74) is 3.20. The summed E-state index contributed by atoms with van der Waals surface area (Å²) in [4.78, 5) is 33.2. The molecule has 7 rings (SSSR count). The number of anilines is 1. The van der Waals surface area contributed by atoms with Gasteiger partial charge in [-0.15, -0.1) is 0 Å². The minimum atomic E-state index is -4.05. The van der Waals surface area contributed by atoms with Crippen molar-refractivity contribution in [2.24, 2.45) is 11.8 Å². The number of piperidine rings is 3. The summed E-state index contributed by atoms with van der Waals surface area (Å²) in [6.45, 7) is 6.03. The van der Waals surface area contributed by atoms with E-state index in [1.165, 1.54) is 24.3 Å². The third-order valence-electron chi connectivity index (χ3n) is 9.27. The predicted octanol–water partition coefficient (Wildman–Crippen LogP) is 6.08. The number of nitrogens with zero attached hydrogens (tertiary/aromatic N) is 2. The largest absolute Gasteiger partial charge is 0.497 e. The second-order valence-corrected chi connectivity index (χ2v) is 13.8. The number of urea groups is 1. The van der Waals surface area contributed by atoms with Gasteiger partial charge in [0.1, 0.15) is 11.9 Å². The van der Waals surface area contributed by atoms with E-state index in [-0.39, 0.29) is 10.9 Å². The number of hydrogen-bond acceptors (Lipinski definition) is 8. The van der Waals surface area contributed by atoms with Crippen LogP contribution < -0.4 is 14.8 Å². The Balaban J connectivity index is 1.21. The number of ether oxygens (including phenoxy) is 2. The predicted molar refractivity (Wildman–Crippen MR) is 175 cm³/mol. The van der Waals surface area contributed by atoms with Crippen molar-refractivity contribution in [1.29, 1.82) is 0 Å². The molecule has 3 fully saturated rings. The van der Waals surface area contributed by atoms with Gasteiger partial charge in [-0.1, -0.05) is 31.0 Å². The lowest BCUT2D eigenvalue weighted by atomic mass is 9.72. The lowest BCUT2D eigenvalue weighted by Gasteiger charge is -2.51. The molecule has 0 spiro atoms. The molecule has 1 aromatic heterocycles. The monoisotopic (exact) mass is 642 g/mol. The average molecular weight is 643 g/mol. The minimum Gasteiger partial charge on any atom is -0.497 e. The van der Waals surface area contributed by atoms with Gasteiger partial charge in [-0.05, 0) is 98.8 Å². The zero-order chi connectivity index (χ0) is 32.4. The first kappa shape index (κ1) is 31.5. The summed E-state index contributed by atoms with van der Waals surface area (Å²) >= 11 is 0. The second kappa shape index (κ2) is 13.1. The number of aryl methyl sites for hydroxylation is 1. The van der Waals surface area contributed by atoms with Crippen LogP contribution in [0.3, 0.4) is 0 Å². The van der Waals surface area contributed by atoms with Gasteiger partial charge in [0.15, 0.2) is 0 Å². The van der Waals surface area contributed by atoms with Crippen molar-refractivity contribution in [2.75, 3.05) is 25.5 Å². The van der Waals surface area contributed by atoms with Crippen LogP contribution in [0.15, 0.2) is 83.9 Å². The van der Waals surface area contributed by atoms with E-state index in [4.69, 9.17) is 9.47 Å². The number of carbonyl (C=O) groups is 2. The fourth-order valence-electron chi connectivity index (χ4n) is 6.76. The number of nitrogens with one attached hydrogen (secondary N) is 2. The Labute approximate surface area is 269 Å². The zero-order valence-electron chi connectivity index (χ0n) is 26.1. The van der Waals surface area contributed by atoms with Gasteiger partial charge < -0.3 is 14.8 Å².